The van der Waals surface area contributed by atoms with Crippen LogP contribution in [0.3, 0.4) is 0 Å². The molecule has 1 atom stereocenters. The van der Waals surface area contributed by atoms with Crippen LogP contribution in [-0.4, -0.2) is 36.0 Å². The first-order valence-corrected chi connectivity index (χ1v) is 5.38. The minimum Gasteiger partial charge on any atom is -0.395 e. The molecule has 0 fully saturated rings. The molecule has 1 aromatic carbocycles. The van der Waals surface area contributed by atoms with Gasteiger partial charge in [-0.15, -0.1) is 0 Å². The second-order valence-electron chi connectivity index (χ2n) is 4.07. The highest BCUT2D eigenvalue weighted by atomic mass is 16.3. The fourth-order valence-electron chi connectivity index (χ4n) is 2.04. The van der Waals surface area contributed by atoms with Crippen LogP contribution in [0.15, 0.2) is 24.3 Å². The fourth-order valence-corrected chi connectivity index (χ4v) is 2.04. The van der Waals surface area contributed by atoms with E-state index in [1.54, 1.807) is 0 Å². The summed E-state index contributed by atoms with van der Waals surface area (Å²) in [5.41, 5.74) is 2.83. The summed E-state index contributed by atoms with van der Waals surface area (Å²) in [4.78, 5) is 0. The van der Waals surface area contributed by atoms with Crippen molar-refractivity contribution in [1.29, 1.82) is 0 Å². The SMILES string of the molecule is OCC(CO)NCC1Cc2ccccc21. The van der Waals surface area contributed by atoms with Crippen LogP contribution in [0.25, 0.3) is 0 Å². The summed E-state index contributed by atoms with van der Waals surface area (Å²) in [6.07, 6.45) is 1.10. The van der Waals surface area contributed by atoms with Gasteiger partial charge in [-0.3, -0.25) is 0 Å². The average Bonchev–Trinajstić information content (AvgIpc) is 2.25. The van der Waals surface area contributed by atoms with E-state index in [1.165, 1.54) is 11.1 Å². The molecule has 82 valence electrons. The van der Waals surface area contributed by atoms with E-state index in [-0.39, 0.29) is 19.3 Å². The van der Waals surface area contributed by atoms with Crippen molar-refractivity contribution < 1.29 is 10.2 Å². The minimum atomic E-state index is -0.183. The van der Waals surface area contributed by atoms with Crippen molar-refractivity contribution in [2.24, 2.45) is 0 Å². The van der Waals surface area contributed by atoms with Crippen LogP contribution in [0.1, 0.15) is 17.0 Å². The van der Waals surface area contributed by atoms with Gasteiger partial charge in [0, 0.05) is 12.5 Å². The van der Waals surface area contributed by atoms with E-state index in [0.717, 1.165) is 13.0 Å². The summed E-state index contributed by atoms with van der Waals surface area (Å²) < 4.78 is 0. The van der Waals surface area contributed by atoms with Crippen molar-refractivity contribution in [2.75, 3.05) is 19.8 Å². The zero-order valence-corrected chi connectivity index (χ0v) is 8.69. The Kier molecular flexibility index (Phi) is 3.36. The van der Waals surface area contributed by atoms with E-state index in [2.05, 4.69) is 29.6 Å². The van der Waals surface area contributed by atoms with Gasteiger partial charge in [0.15, 0.2) is 0 Å². The molecule has 3 heteroatoms. The highest BCUT2D eigenvalue weighted by Gasteiger charge is 2.25. The molecule has 0 aliphatic heterocycles. The fraction of sp³-hybridized carbons (Fsp3) is 0.500. The molecule has 0 saturated heterocycles. The maximum atomic E-state index is 8.90. The van der Waals surface area contributed by atoms with Crippen molar-refractivity contribution in [3.63, 3.8) is 0 Å². The second-order valence-corrected chi connectivity index (χ2v) is 4.07. The molecule has 0 radical (unpaired) electrons. The smallest absolute Gasteiger partial charge is 0.0607 e. The van der Waals surface area contributed by atoms with Crippen LogP contribution in [0.4, 0.5) is 0 Å². The summed E-state index contributed by atoms with van der Waals surface area (Å²) >= 11 is 0. The molecule has 1 aliphatic rings. The maximum absolute atomic E-state index is 8.90. The Balaban J connectivity index is 1.84. The molecule has 1 aromatic rings. The van der Waals surface area contributed by atoms with E-state index in [9.17, 15) is 0 Å². The number of aliphatic hydroxyl groups is 2. The van der Waals surface area contributed by atoms with Gasteiger partial charge in [-0.25, -0.2) is 0 Å². The van der Waals surface area contributed by atoms with E-state index in [4.69, 9.17) is 10.2 Å². The first-order valence-electron chi connectivity index (χ1n) is 5.38. The molecule has 0 bridgehead atoms. The lowest BCUT2D eigenvalue weighted by atomic mass is 9.77. The van der Waals surface area contributed by atoms with Gasteiger partial charge in [0.05, 0.1) is 19.3 Å². The normalized spacial score (nSPS) is 18.7. The highest BCUT2D eigenvalue weighted by molar-refractivity contribution is 5.40. The van der Waals surface area contributed by atoms with Crippen LogP contribution < -0.4 is 5.32 Å². The zero-order chi connectivity index (χ0) is 10.7. The van der Waals surface area contributed by atoms with Gasteiger partial charge in [-0.2, -0.15) is 0 Å². The molecule has 1 unspecified atom stereocenters. The summed E-state index contributed by atoms with van der Waals surface area (Å²) in [6.45, 7) is 0.818. The summed E-state index contributed by atoms with van der Waals surface area (Å²) in [5, 5.41) is 21.0. The maximum Gasteiger partial charge on any atom is 0.0607 e. The van der Waals surface area contributed by atoms with Crippen molar-refractivity contribution in [3.05, 3.63) is 35.4 Å². The first-order chi connectivity index (χ1) is 7.35. The van der Waals surface area contributed by atoms with Crippen LogP contribution in [0, 0.1) is 0 Å². The van der Waals surface area contributed by atoms with Crippen molar-refractivity contribution >= 4 is 0 Å². The first kappa shape index (κ1) is 10.6. The third kappa shape index (κ3) is 2.20. The van der Waals surface area contributed by atoms with E-state index in [1.807, 2.05) is 0 Å². The summed E-state index contributed by atoms with van der Waals surface area (Å²) in [7, 11) is 0. The molecule has 2 rings (SSSR count). The summed E-state index contributed by atoms with van der Waals surface area (Å²) in [5.74, 6) is 0.543. The number of rotatable bonds is 5. The largest absolute Gasteiger partial charge is 0.395 e. The minimum absolute atomic E-state index is 0.00906. The third-order valence-corrected chi connectivity index (χ3v) is 3.05. The summed E-state index contributed by atoms with van der Waals surface area (Å²) in [6, 6.07) is 8.24. The second kappa shape index (κ2) is 4.75. The molecular formula is C12H17NO2. The number of benzene rings is 1. The van der Waals surface area contributed by atoms with Crippen molar-refractivity contribution in [1.82, 2.24) is 5.32 Å². The average molecular weight is 207 g/mol. The lowest BCUT2D eigenvalue weighted by Crippen LogP contribution is -2.40. The van der Waals surface area contributed by atoms with Gasteiger partial charge >= 0.3 is 0 Å². The molecular weight excluding hydrogens is 190 g/mol. The van der Waals surface area contributed by atoms with Crippen LogP contribution in [0.5, 0.6) is 0 Å². The number of aliphatic hydroxyl groups excluding tert-OH is 2. The number of fused-ring (bicyclic) bond motifs is 1. The Morgan fingerprint density at radius 2 is 2.00 bits per heavy atom. The predicted octanol–water partition coefficient (Wildman–Crippen LogP) is 0.269. The Bertz CT molecular complexity index is 323. The van der Waals surface area contributed by atoms with E-state index >= 15 is 0 Å². The Labute approximate surface area is 89.8 Å². The lowest BCUT2D eigenvalue weighted by Gasteiger charge is -2.31. The van der Waals surface area contributed by atoms with Crippen molar-refractivity contribution in [3.8, 4) is 0 Å². The topological polar surface area (TPSA) is 52.5 Å². The molecule has 0 aromatic heterocycles. The van der Waals surface area contributed by atoms with Gasteiger partial charge in [0.1, 0.15) is 0 Å². The molecule has 0 spiro atoms. The van der Waals surface area contributed by atoms with Gasteiger partial charge in [0.25, 0.3) is 0 Å². The molecule has 0 heterocycles. The van der Waals surface area contributed by atoms with Crippen LogP contribution in [-0.2, 0) is 6.42 Å². The molecule has 1 aliphatic carbocycles. The quantitative estimate of drug-likeness (QED) is 0.649. The van der Waals surface area contributed by atoms with Crippen LogP contribution >= 0.6 is 0 Å². The van der Waals surface area contributed by atoms with E-state index in [0.29, 0.717) is 5.92 Å². The van der Waals surface area contributed by atoms with Gasteiger partial charge in [-0.1, -0.05) is 24.3 Å². The monoisotopic (exact) mass is 207 g/mol. The molecule has 0 saturated carbocycles. The van der Waals surface area contributed by atoms with Gasteiger partial charge in [0.2, 0.25) is 0 Å². The molecule has 3 N–H and O–H groups in total. The lowest BCUT2D eigenvalue weighted by molar-refractivity contribution is 0.169. The zero-order valence-electron chi connectivity index (χ0n) is 8.69. The highest BCUT2D eigenvalue weighted by Crippen LogP contribution is 2.33. The molecule has 3 nitrogen and oxygen atoms in total. The number of hydrogen-bond acceptors (Lipinski definition) is 3. The molecule has 0 amide bonds. The predicted molar refractivity (Wildman–Crippen MR) is 58.8 cm³/mol. The number of nitrogens with one attached hydrogen (secondary N) is 1. The van der Waals surface area contributed by atoms with E-state index < -0.39 is 0 Å². The Morgan fingerprint density at radius 3 is 2.67 bits per heavy atom. The standard InChI is InChI=1S/C12H17NO2/c14-7-11(8-15)13-6-10-5-9-3-1-2-4-12(9)10/h1-4,10-11,13-15H,5-8H2. The van der Waals surface area contributed by atoms with Crippen LogP contribution in [0.2, 0.25) is 0 Å². The van der Waals surface area contributed by atoms with Crippen molar-refractivity contribution in [2.45, 2.75) is 18.4 Å². The Hall–Kier alpha value is -0.900. The Morgan fingerprint density at radius 1 is 1.27 bits per heavy atom. The molecule has 15 heavy (non-hydrogen) atoms. The van der Waals surface area contributed by atoms with Gasteiger partial charge < -0.3 is 15.5 Å². The number of hydrogen-bond donors (Lipinski definition) is 3. The third-order valence-electron chi connectivity index (χ3n) is 3.05. The van der Waals surface area contributed by atoms with Gasteiger partial charge in [-0.05, 0) is 17.5 Å².